The van der Waals surface area contributed by atoms with Crippen LogP contribution >= 0.6 is 0 Å². The van der Waals surface area contributed by atoms with Crippen molar-refractivity contribution in [2.24, 2.45) is 0 Å². The molecule has 10 heteroatoms. The number of nitrogens with one attached hydrogen (secondary N) is 2. The molecule has 0 radical (unpaired) electrons. The van der Waals surface area contributed by atoms with Crippen molar-refractivity contribution >= 4 is 27.1 Å². The number of alkyl carbamates (subject to hydrolysis) is 1. The molecule has 1 amide bonds. The van der Waals surface area contributed by atoms with Crippen LogP contribution in [0.5, 0.6) is 0 Å². The first-order valence-corrected chi connectivity index (χ1v) is 10.4. The summed E-state index contributed by atoms with van der Waals surface area (Å²) >= 11 is 0. The highest BCUT2D eigenvalue weighted by atomic mass is 32.2. The van der Waals surface area contributed by atoms with Crippen molar-refractivity contribution in [1.82, 2.24) is 10.3 Å². The lowest BCUT2D eigenvalue weighted by atomic mass is 9.92. The second-order valence-electron chi connectivity index (χ2n) is 7.56. The van der Waals surface area contributed by atoms with E-state index in [1.807, 2.05) is 0 Å². The lowest BCUT2D eigenvalue weighted by molar-refractivity contribution is 0.0479. The average molecular weight is 418 g/mol. The van der Waals surface area contributed by atoms with Crippen LogP contribution in [0, 0.1) is 11.6 Å². The number of aromatic amines is 1. The molecule has 0 spiro atoms. The Hall–Kier alpha value is -2.20. The molecule has 0 saturated carbocycles. The van der Waals surface area contributed by atoms with E-state index >= 15 is 0 Å². The first-order valence-electron chi connectivity index (χ1n) is 8.57. The summed E-state index contributed by atoms with van der Waals surface area (Å²) in [5, 5.41) is 2.61. The maximum absolute atomic E-state index is 14.0. The van der Waals surface area contributed by atoms with Crippen molar-refractivity contribution in [2.75, 3.05) is 12.9 Å². The van der Waals surface area contributed by atoms with E-state index in [2.05, 4.69) is 10.3 Å². The normalized spacial score (nSPS) is 14.7. The quantitative estimate of drug-likeness (QED) is 0.701. The van der Waals surface area contributed by atoms with Crippen molar-refractivity contribution in [3.8, 4) is 0 Å². The summed E-state index contributed by atoms with van der Waals surface area (Å²) in [4.78, 5) is 15.0. The average Bonchev–Trinajstić information content (AvgIpc) is 3.01. The number of H-pyrrole nitrogens is 1. The van der Waals surface area contributed by atoms with Gasteiger partial charge in [-0.05, 0) is 38.5 Å². The molecule has 28 heavy (non-hydrogen) atoms. The highest BCUT2D eigenvalue weighted by Crippen LogP contribution is 2.31. The second-order valence-corrected chi connectivity index (χ2v) is 9.20. The maximum atomic E-state index is 14.0. The van der Waals surface area contributed by atoms with Gasteiger partial charge in [-0.15, -0.1) is 0 Å². The molecule has 1 aromatic heterocycles. The largest absolute Gasteiger partial charge is 0.444 e. The van der Waals surface area contributed by atoms with E-state index < -0.39 is 52.0 Å². The zero-order valence-corrected chi connectivity index (χ0v) is 17.1. The van der Waals surface area contributed by atoms with Crippen LogP contribution < -0.4 is 5.32 Å². The number of benzene rings is 1. The molecule has 2 unspecified atom stereocenters. The summed E-state index contributed by atoms with van der Waals surface area (Å²) < 4.78 is 60.9. The van der Waals surface area contributed by atoms with E-state index in [1.165, 1.54) is 12.3 Å². The smallest absolute Gasteiger partial charge is 0.407 e. The van der Waals surface area contributed by atoms with E-state index in [9.17, 15) is 22.0 Å². The number of ether oxygens (including phenoxy) is 1. The van der Waals surface area contributed by atoms with Crippen molar-refractivity contribution in [3.05, 3.63) is 35.5 Å². The fourth-order valence-corrected chi connectivity index (χ4v) is 3.13. The van der Waals surface area contributed by atoms with E-state index in [4.69, 9.17) is 8.92 Å². The highest BCUT2D eigenvalue weighted by molar-refractivity contribution is 7.85. The first-order chi connectivity index (χ1) is 12.8. The summed E-state index contributed by atoms with van der Waals surface area (Å²) in [6.45, 7) is 6.27. The van der Waals surface area contributed by atoms with Gasteiger partial charge in [0, 0.05) is 17.5 Å². The van der Waals surface area contributed by atoms with Gasteiger partial charge < -0.3 is 15.0 Å². The van der Waals surface area contributed by atoms with Crippen LogP contribution in [0.3, 0.4) is 0 Å². The second kappa shape index (κ2) is 8.04. The van der Waals surface area contributed by atoms with Gasteiger partial charge in [0.2, 0.25) is 0 Å². The summed E-state index contributed by atoms with van der Waals surface area (Å²) in [7, 11) is -3.79. The molecule has 1 aromatic carbocycles. The van der Waals surface area contributed by atoms with Gasteiger partial charge >= 0.3 is 6.09 Å². The number of amides is 1. The fourth-order valence-electron chi connectivity index (χ4n) is 2.73. The Morgan fingerprint density at radius 3 is 2.54 bits per heavy atom. The zero-order valence-electron chi connectivity index (χ0n) is 16.3. The molecule has 2 rings (SSSR count). The lowest BCUT2D eigenvalue weighted by Crippen LogP contribution is -2.44. The van der Waals surface area contributed by atoms with Gasteiger partial charge in [0.05, 0.1) is 24.4 Å². The Balaban J connectivity index is 2.38. The summed E-state index contributed by atoms with van der Waals surface area (Å²) in [6.07, 6.45) is 1.56. The Morgan fingerprint density at radius 1 is 1.32 bits per heavy atom. The molecular weight excluding hydrogens is 394 g/mol. The van der Waals surface area contributed by atoms with Crippen LogP contribution in [0.4, 0.5) is 13.6 Å². The van der Waals surface area contributed by atoms with Crippen molar-refractivity contribution in [1.29, 1.82) is 0 Å². The minimum atomic E-state index is -3.79. The molecular formula is C18H24F2N2O5S. The number of carbonyl (C=O) groups excluding carboxylic acids is 1. The standard InChI is InChI=1S/C18H24F2N2O5S/c1-10(12-8-13(19)15(20)11-6-7-21-16(11)12)14(9-26-28(5,24)25)22-17(23)27-18(2,3)4/h6-8,10,14,21H,9H2,1-5H3,(H,22,23). The molecule has 2 N–H and O–H groups in total. The van der Waals surface area contributed by atoms with Crippen LogP contribution in [0.1, 0.15) is 39.2 Å². The number of fused-ring (bicyclic) bond motifs is 1. The zero-order chi connectivity index (χ0) is 21.3. The number of aromatic nitrogens is 1. The van der Waals surface area contributed by atoms with E-state index in [1.54, 1.807) is 27.7 Å². The Bertz CT molecular complexity index is 966. The molecule has 0 aliphatic carbocycles. The van der Waals surface area contributed by atoms with Gasteiger partial charge in [0.1, 0.15) is 5.60 Å². The molecule has 0 bridgehead atoms. The van der Waals surface area contributed by atoms with Crippen LogP contribution in [0.15, 0.2) is 18.3 Å². The Labute approximate surface area is 162 Å². The molecule has 156 valence electrons. The molecule has 7 nitrogen and oxygen atoms in total. The summed E-state index contributed by atoms with van der Waals surface area (Å²) in [5.41, 5.74) is -0.0663. The molecule has 0 aliphatic rings. The maximum Gasteiger partial charge on any atom is 0.407 e. The number of rotatable bonds is 6. The van der Waals surface area contributed by atoms with Crippen LogP contribution in [-0.2, 0) is 19.0 Å². The van der Waals surface area contributed by atoms with Gasteiger partial charge in [-0.25, -0.2) is 13.6 Å². The van der Waals surface area contributed by atoms with E-state index in [-0.39, 0.29) is 5.39 Å². The molecule has 0 saturated heterocycles. The SMILES string of the molecule is CC(c1cc(F)c(F)c2cc[nH]c12)C(COS(C)(=O)=O)NC(=O)OC(C)(C)C. The topological polar surface area (TPSA) is 97.5 Å². The Kier molecular flexibility index (Phi) is 6.34. The van der Waals surface area contributed by atoms with Crippen LogP contribution in [-0.4, -0.2) is 44.0 Å². The third-order valence-corrected chi connectivity index (χ3v) is 4.59. The molecule has 1 heterocycles. The van der Waals surface area contributed by atoms with Gasteiger partial charge in [-0.3, -0.25) is 4.18 Å². The number of halogens is 2. The predicted molar refractivity (Wildman–Crippen MR) is 101 cm³/mol. The predicted octanol–water partition coefficient (Wildman–Crippen LogP) is 3.42. The highest BCUT2D eigenvalue weighted by Gasteiger charge is 2.28. The summed E-state index contributed by atoms with van der Waals surface area (Å²) in [6, 6.07) is 1.52. The minimum absolute atomic E-state index is 0.0573. The third kappa shape index (κ3) is 5.65. The Morgan fingerprint density at radius 2 is 1.96 bits per heavy atom. The molecule has 2 aromatic rings. The van der Waals surface area contributed by atoms with E-state index in [0.717, 1.165) is 12.3 Å². The monoisotopic (exact) mass is 418 g/mol. The van der Waals surface area contributed by atoms with Crippen molar-refractivity contribution in [2.45, 2.75) is 45.3 Å². The van der Waals surface area contributed by atoms with Gasteiger partial charge in [0.25, 0.3) is 10.1 Å². The molecule has 0 fully saturated rings. The van der Waals surface area contributed by atoms with Crippen molar-refractivity contribution in [3.63, 3.8) is 0 Å². The van der Waals surface area contributed by atoms with Gasteiger partial charge in [-0.1, -0.05) is 6.92 Å². The number of hydrogen-bond acceptors (Lipinski definition) is 5. The third-order valence-electron chi connectivity index (χ3n) is 4.02. The van der Waals surface area contributed by atoms with Crippen LogP contribution in [0.2, 0.25) is 0 Å². The summed E-state index contributed by atoms with van der Waals surface area (Å²) in [5.74, 6) is -2.67. The minimum Gasteiger partial charge on any atom is -0.444 e. The molecule has 0 aliphatic heterocycles. The van der Waals surface area contributed by atoms with Gasteiger partial charge in [-0.2, -0.15) is 8.42 Å². The number of carbonyl (C=O) groups is 1. The number of hydrogen-bond donors (Lipinski definition) is 2. The van der Waals surface area contributed by atoms with Crippen molar-refractivity contribution < 1.29 is 30.9 Å². The molecule has 2 atom stereocenters. The lowest BCUT2D eigenvalue weighted by Gasteiger charge is -2.27. The first kappa shape index (κ1) is 22.1. The fraction of sp³-hybridized carbons (Fsp3) is 0.500. The van der Waals surface area contributed by atoms with Gasteiger partial charge in [0.15, 0.2) is 11.6 Å². The van der Waals surface area contributed by atoms with E-state index in [0.29, 0.717) is 11.1 Å². The van der Waals surface area contributed by atoms with Crippen LogP contribution in [0.25, 0.3) is 10.9 Å².